The van der Waals surface area contributed by atoms with E-state index in [1.165, 1.54) is 0 Å². The Morgan fingerprint density at radius 3 is 2.47 bits per heavy atom. The molecule has 0 saturated heterocycles. The number of Topliss-reactive ketones (excluding diaryl/α,β-unsaturated/α-hetero) is 1. The van der Waals surface area contributed by atoms with Crippen molar-refractivity contribution in [3.8, 4) is 0 Å². The lowest BCUT2D eigenvalue weighted by atomic mass is 10.1. The molecule has 0 spiro atoms. The van der Waals surface area contributed by atoms with Crippen molar-refractivity contribution >= 4 is 5.78 Å². The predicted molar refractivity (Wildman–Crippen MR) is 62.8 cm³/mol. The van der Waals surface area contributed by atoms with E-state index in [4.69, 9.17) is 0 Å². The van der Waals surface area contributed by atoms with Gasteiger partial charge in [0.25, 0.3) is 0 Å². The second-order valence-electron chi connectivity index (χ2n) is 4.35. The Hall–Kier alpha value is -1.41. The third-order valence-corrected chi connectivity index (χ3v) is 2.29. The maximum atomic E-state index is 11.9. The zero-order valence-electron chi connectivity index (χ0n) is 9.44. The van der Waals surface area contributed by atoms with Crippen molar-refractivity contribution in [1.29, 1.82) is 0 Å². The van der Waals surface area contributed by atoms with Crippen molar-refractivity contribution < 1.29 is 9.28 Å². The van der Waals surface area contributed by atoms with Gasteiger partial charge >= 0.3 is 0 Å². The SMILES string of the molecule is C=CC[N+](C)(C)CC(=O)c1ccccc1. The summed E-state index contributed by atoms with van der Waals surface area (Å²) in [4.78, 5) is 11.9. The molecule has 15 heavy (non-hydrogen) atoms. The van der Waals surface area contributed by atoms with Gasteiger partial charge < -0.3 is 4.48 Å². The Balaban J connectivity index is 2.68. The van der Waals surface area contributed by atoms with Crippen molar-refractivity contribution in [2.75, 3.05) is 27.2 Å². The largest absolute Gasteiger partial charge is 0.319 e. The smallest absolute Gasteiger partial charge is 0.216 e. The van der Waals surface area contributed by atoms with Gasteiger partial charge in [0.05, 0.1) is 20.6 Å². The van der Waals surface area contributed by atoms with Gasteiger partial charge in [0, 0.05) is 5.56 Å². The maximum absolute atomic E-state index is 11.9. The van der Waals surface area contributed by atoms with Crippen LogP contribution in [0.15, 0.2) is 43.0 Å². The fourth-order valence-corrected chi connectivity index (χ4v) is 1.52. The standard InChI is InChI=1S/C13H18NO/c1-4-10-14(2,3)11-13(15)12-8-6-5-7-9-12/h4-9H,1,10-11H2,2-3H3/q+1. The van der Waals surface area contributed by atoms with E-state index in [2.05, 4.69) is 6.58 Å². The Morgan fingerprint density at radius 1 is 1.33 bits per heavy atom. The van der Waals surface area contributed by atoms with Gasteiger partial charge in [0.1, 0.15) is 6.54 Å². The third kappa shape index (κ3) is 3.68. The first kappa shape index (κ1) is 11.7. The zero-order valence-corrected chi connectivity index (χ0v) is 9.44. The average molecular weight is 204 g/mol. The second-order valence-corrected chi connectivity index (χ2v) is 4.35. The van der Waals surface area contributed by atoms with E-state index in [-0.39, 0.29) is 5.78 Å². The lowest BCUT2D eigenvalue weighted by molar-refractivity contribution is -0.875. The molecule has 0 radical (unpaired) electrons. The van der Waals surface area contributed by atoms with Gasteiger partial charge in [-0.15, -0.1) is 0 Å². The quantitative estimate of drug-likeness (QED) is 0.408. The minimum absolute atomic E-state index is 0.183. The molecule has 80 valence electrons. The topological polar surface area (TPSA) is 17.1 Å². The molecule has 2 heteroatoms. The molecule has 0 fully saturated rings. The summed E-state index contributed by atoms with van der Waals surface area (Å²) in [6.07, 6.45) is 1.85. The van der Waals surface area contributed by atoms with Crippen LogP contribution in [0.2, 0.25) is 0 Å². The lowest BCUT2D eigenvalue weighted by Crippen LogP contribution is -2.43. The minimum Gasteiger partial charge on any atom is -0.319 e. The molecule has 1 aromatic carbocycles. The first-order valence-corrected chi connectivity index (χ1v) is 5.06. The molecule has 0 amide bonds. The number of carbonyl (C=O) groups excluding carboxylic acids is 1. The molecule has 2 nitrogen and oxygen atoms in total. The van der Waals surface area contributed by atoms with Crippen LogP contribution in [0.1, 0.15) is 10.4 Å². The van der Waals surface area contributed by atoms with E-state index in [1.54, 1.807) is 0 Å². The second kappa shape index (κ2) is 4.89. The summed E-state index contributed by atoms with van der Waals surface area (Å²) in [5, 5.41) is 0. The summed E-state index contributed by atoms with van der Waals surface area (Å²) >= 11 is 0. The summed E-state index contributed by atoms with van der Waals surface area (Å²) in [5.74, 6) is 0.183. The summed E-state index contributed by atoms with van der Waals surface area (Å²) in [6.45, 7) is 5.01. The molecule has 1 aromatic rings. The normalized spacial score (nSPS) is 11.1. The van der Waals surface area contributed by atoms with E-state index < -0.39 is 0 Å². The Morgan fingerprint density at radius 2 is 1.93 bits per heavy atom. The first-order valence-electron chi connectivity index (χ1n) is 5.06. The minimum atomic E-state index is 0.183. The summed E-state index contributed by atoms with van der Waals surface area (Å²) in [7, 11) is 4.06. The number of likely N-dealkylation sites (N-methyl/N-ethyl adjacent to an activating group) is 1. The molecule has 1 rings (SSSR count). The van der Waals surface area contributed by atoms with E-state index in [9.17, 15) is 4.79 Å². The lowest BCUT2D eigenvalue weighted by Gasteiger charge is -2.27. The number of ketones is 1. The highest BCUT2D eigenvalue weighted by Crippen LogP contribution is 2.05. The van der Waals surface area contributed by atoms with Crippen molar-refractivity contribution in [2.45, 2.75) is 0 Å². The van der Waals surface area contributed by atoms with Crippen LogP contribution in [0.4, 0.5) is 0 Å². The van der Waals surface area contributed by atoms with E-state index >= 15 is 0 Å². The molecule has 0 bridgehead atoms. The highest BCUT2D eigenvalue weighted by molar-refractivity contribution is 5.96. The number of rotatable bonds is 5. The molecule has 0 aliphatic heterocycles. The Bertz CT molecular complexity index is 341. The van der Waals surface area contributed by atoms with Crippen LogP contribution >= 0.6 is 0 Å². The van der Waals surface area contributed by atoms with Crippen LogP contribution in [0.25, 0.3) is 0 Å². The van der Waals surface area contributed by atoms with Crippen molar-refractivity contribution in [3.05, 3.63) is 48.6 Å². The van der Waals surface area contributed by atoms with Gasteiger partial charge in [-0.1, -0.05) is 36.9 Å². The Kier molecular flexibility index (Phi) is 3.81. The molecule has 0 unspecified atom stereocenters. The number of hydrogen-bond donors (Lipinski definition) is 0. The number of benzene rings is 1. The summed E-state index contributed by atoms with van der Waals surface area (Å²) in [6, 6.07) is 9.41. The van der Waals surface area contributed by atoms with Crippen molar-refractivity contribution in [1.82, 2.24) is 0 Å². The van der Waals surface area contributed by atoms with Crippen LogP contribution in [-0.4, -0.2) is 37.5 Å². The summed E-state index contributed by atoms with van der Waals surface area (Å²) < 4.78 is 0.650. The van der Waals surface area contributed by atoms with Crippen LogP contribution in [0.3, 0.4) is 0 Å². The summed E-state index contributed by atoms with van der Waals surface area (Å²) in [5.41, 5.74) is 0.785. The zero-order chi connectivity index (χ0) is 11.3. The van der Waals surface area contributed by atoms with Gasteiger partial charge in [-0.2, -0.15) is 0 Å². The van der Waals surface area contributed by atoms with Gasteiger partial charge in [-0.3, -0.25) is 4.79 Å². The van der Waals surface area contributed by atoms with Crippen LogP contribution in [-0.2, 0) is 0 Å². The van der Waals surface area contributed by atoms with Gasteiger partial charge in [0.2, 0.25) is 5.78 Å². The number of carbonyl (C=O) groups is 1. The average Bonchev–Trinajstić information content (AvgIpc) is 2.18. The van der Waals surface area contributed by atoms with E-state index in [0.29, 0.717) is 11.0 Å². The highest BCUT2D eigenvalue weighted by Gasteiger charge is 2.19. The number of nitrogens with zero attached hydrogens (tertiary/aromatic N) is 1. The predicted octanol–water partition coefficient (Wildman–Crippen LogP) is 2.13. The molecule has 0 aliphatic carbocycles. The third-order valence-electron chi connectivity index (χ3n) is 2.29. The van der Waals surface area contributed by atoms with E-state index in [0.717, 1.165) is 12.1 Å². The molecule has 0 atom stereocenters. The monoisotopic (exact) mass is 204 g/mol. The molecule has 0 saturated carbocycles. The highest BCUT2D eigenvalue weighted by atomic mass is 16.1. The number of quaternary nitrogens is 1. The van der Waals surface area contributed by atoms with Crippen molar-refractivity contribution in [3.63, 3.8) is 0 Å². The molecule has 0 aromatic heterocycles. The van der Waals surface area contributed by atoms with Gasteiger partial charge in [0.15, 0.2) is 0 Å². The fraction of sp³-hybridized carbons (Fsp3) is 0.308. The van der Waals surface area contributed by atoms with E-state index in [1.807, 2.05) is 50.5 Å². The first-order chi connectivity index (χ1) is 7.05. The van der Waals surface area contributed by atoms with Gasteiger partial charge in [-0.05, 0) is 6.08 Å². The molecular formula is C13H18NO+. The van der Waals surface area contributed by atoms with Crippen molar-refractivity contribution in [2.24, 2.45) is 0 Å². The molecule has 0 heterocycles. The van der Waals surface area contributed by atoms with Crippen LogP contribution in [0.5, 0.6) is 0 Å². The van der Waals surface area contributed by atoms with Crippen LogP contribution < -0.4 is 0 Å². The molecule has 0 N–H and O–H groups in total. The molecular weight excluding hydrogens is 186 g/mol. The van der Waals surface area contributed by atoms with Gasteiger partial charge in [-0.25, -0.2) is 0 Å². The van der Waals surface area contributed by atoms with Crippen LogP contribution in [0, 0.1) is 0 Å². The Labute approximate surface area is 91.4 Å². The maximum Gasteiger partial charge on any atom is 0.216 e. The molecule has 0 aliphatic rings. The number of hydrogen-bond acceptors (Lipinski definition) is 1. The fourth-order valence-electron chi connectivity index (χ4n) is 1.52.